The third-order valence-electron chi connectivity index (χ3n) is 5.72. The van der Waals surface area contributed by atoms with E-state index < -0.39 is 21.7 Å². The molecular weight excluding hydrogens is 431 g/mol. The molecule has 1 saturated heterocycles. The first-order valence-corrected chi connectivity index (χ1v) is 11.8. The van der Waals surface area contributed by atoms with Crippen LogP contribution in [-0.4, -0.2) is 59.5 Å². The summed E-state index contributed by atoms with van der Waals surface area (Å²) >= 11 is 0. The molecule has 0 aliphatic carbocycles. The van der Waals surface area contributed by atoms with Gasteiger partial charge in [0.15, 0.2) is 0 Å². The lowest BCUT2D eigenvalue weighted by atomic mass is 10.1. The van der Waals surface area contributed by atoms with Gasteiger partial charge >= 0.3 is 0 Å². The number of rotatable bonds is 5. The van der Waals surface area contributed by atoms with Crippen LogP contribution in [0.4, 0.5) is 4.39 Å². The minimum Gasteiger partial charge on any atom is -0.336 e. The molecular formula is C23H25FN4O3S. The highest BCUT2D eigenvalue weighted by atomic mass is 32.2. The summed E-state index contributed by atoms with van der Waals surface area (Å²) in [6.07, 6.45) is 0. The molecule has 1 aliphatic heterocycles. The zero-order valence-electron chi connectivity index (χ0n) is 18.0. The van der Waals surface area contributed by atoms with E-state index in [0.717, 1.165) is 5.56 Å². The SMILES string of the molecule is Cc1nn(Cc2ccccc2)c(C)c1S(=O)(=O)N1CCN(C(=O)c2ccccc2F)CC1. The molecule has 168 valence electrons. The second-order valence-electron chi connectivity index (χ2n) is 7.82. The number of aryl methyl sites for hydroxylation is 1. The quantitative estimate of drug-likeness (QED) is 0.592. The molecule has 32 heavy (non-hydrogen) atoms. The maximum atomic E-state index is 14.0. The van der Waals surface area contributed by atoms with Gasteiger partial charge in [-0.1, -0.05) is 42.5 Å². The molecule has 0 N–H and O–H groups in total. The summed E-state index contributed by atoms with van der Waals surface area (Å²) in [5.74, 6) is -1.01. The molecule has 0 atom stereocenters. The van der Waals surface area contributed by atoms with Gasteiger partial charge in [0.1, 0.15) is 10.7 Å². The van der Waals surface area contributed by atoms with Gasteiger partial charge in [0.05, 0.1) is 23.5 Å². The van der Waals surface area contributed by atoms with Crippen molar-refractivity contribution in [2.75, 3.05) is 26.2 Å². The van der Waals surface area contributed by atoms with Crippen LogP contribution in [-0.2, 0) is 16.6 Å². The topological polar surface area (TPSA) is 75.5 Å². The molecule has 0 radical (unpaired) electrons. The maximum Gasteiger partial charge on any atom is 0.256 e. The average molecular weight is 457 g/mol. The highest BCUT2D eigenvalue weighted by molar-refractivity contribution is 7.89. The van der Waals surface area contributed by atoms with E-state index in [2.05, 4.69) is 5.10 Å². The Kier molecular flexibility index (Phi) is 6.12. The number of amides is 1. The van der Waals surface area contributed by atoms with Crippen molar-refractivity contribution in [1.29, 1.82) is 0 Å². The molecule has 0 bridgehead atoms. The molecule has 2 heterocycles. The van der Waals surface area contributed by atoms with Gasteiger partial charge in [-0.3, -0.25) is 9.48 Å². The van der Waals surface area contributed by atoms with Crippen molar-refractivity contribution in [2.45, 2.75) is 25.3 Å². The van der Waals surface area contributed by atoms with Gasteiger partial charge in [-0.15, -0.1) is 0 Å². The van der Waals surface area contributed by atoms with Gasteiger partial charge in [0, 0.05) is 26.2 Å². The fraction of sp³-hybridized carbons (Fsp3) is 0.304. The fourth-order valence-electron chi connectivity index (χ4n) is 4.03. The van der Waals surface area contributed by atoms with Crippen LogP contribution in [0, 0.1) is 19.7 Å². The van der Waals surface area contributed by atoms with Gasteiger partial charge in [0.2, 0.25) is 10.0 Å². The molecule has 2 aromatic carbocycles. The Morgan fingerprint density at radius 3 is 2.25 bits per heavy atom. The van der Waals surface area contributed by atoms with E-state index in [4.69, 9.17) is 0 Å². The lowest BCUT2D eigenvalue weighted by Crippen LogP contribution is -2.50. The Hall–Kier alpha value is -3.04. The zero-order chi connectivity index (χ0) is 22.9. The average Bonchev–Trinajstić information content (AvgIpc) is 3.07. The predicted molar refractivity (Wildman–Crippen MR) is 118 cm³/mol. The minimum atomic E-state index is -3.78. The summed E-state index contributed by atoms with van der Waals surface area (Å²) in [5.41, 5.74) is 2.06. The number of carbonyl (C=O) groups is 1. The van der Waals surface area contributed by atoms with E-state index in [-0.39, 0.29) is 36.6 Å². The number of aromatic nitrogens is 2. The van der Waals surface area contributed by atoms with E-state index in [1.165, 1.54) is 27.4 Å². The Bertz CT molecular complexity index is 1230. The number of halogens is 1. The molecule has 1 fully saturated rings. The van der Waals surface area contributed by atoms with Crippen molar-refractivity contribution in [2.24, 2.45) is 0 Å². The predicted octanol–water partition coefficient (Wildman–Crippen LogP) is 2.83. The summed E-state index contributed by atoms with van der Waals surface area (Å²) in [6.45, 7) is 4.61. The third kappa shape index (κ3) is 4.18. The maximum absolute atomic E-state index is 14.0. The van der Waals surface area contributed by atoms with E-state index >= 15 is 0 Å². The number of piperazine rings is 1. The third-order valence-corrected chi connectivity index (χ3v) is 7.87. The van der Waals surface area contributed by atoms with Gasteiger partial charge in [-0.05, 0) is 31.5 Å². The second-order valence-corrected chi connectivity index (χ2v) is 9.69. The lowest BCUT2D eigenvalue weighted by molar-refractivity contribution is 0.0693. The van der Waals surface area contributed by atoms with Crippen LogP contribution in [0.3, 0.4) is 0 Å². The molecule has 0 saturated carbocycles. The number of hydrogen-bond donors (Lipinski definition) is 0. The Balaban J connectivity index is 1.50. The standard InChI is InChI=1S/C23H25FN4O3S/c1-17-22(18(2)28(25-17)16-19-8-4-3-5-9-19)32(30,31)27-14-12-26(13-15-27)23(29)20-10-6-7-11-21(20)24/h3-11H,12-16H2,1-2H3. The summed E-state index contributed by atoms with van der Waals surface area (Å²) in [4.78, 5) is 14.3. The minimum absolute atomic E-state index is 0.00214. The number of nitrogens with zero attached hydrogens (tertiary/aromatic N) is 4. The summed E-state index contributed by atoms with van der Waals surface area (Å²) < 4.78 is 43.9. The lowest BCUT2D eigenvalue weighted by Gasteiger charge is -2.34. The van der Waals surface area contributed by atoms with E-state index in [1.54, 1.807) is 24.6 Å². The number of sulfonamides is 1. The van der Waals surface area contributed by atoms with Crippen LogP contribution < -0.4 is 0 Å². The van der Waals surface area contributed by atoms with Gasteiger partial charge in [-0.2, -0.15) is 9.40 Å². The molecule has 0 spiro atoms. The van der Waals surface area contributed by atoms with Crippen molar-refractivity contribution in [1.82, 2.24) is 19.0 Å². The number of carbonyl (C=O) groups excluding carboxylic acids is 1. The molecule has 1 aromatic heterocycles. The molecule has 0 unspecified atom stereocenters. The van der Waals surface area contributed by atoms with Crippen molar-refractivity contribution >= 4 is 15.9 Å². The van der Waals surface area contributed by atoms with Gasteiger partial charge < -0.3 is 4.90 Å². The summed E-state index contributed by atoms with van der Waals surface area (Å²) in [5, 5.41) is 4.46. The second kappa shape index (κ2) is 8.84. The summed E-state index contributed by atoms with van der Waals surface area (Å²) in [6, 6.07) is 15.5. The van der Waals surface area contributed by atoms with Crippen molar-refractivity contribution in [3.63, 3.8) is 0 Å². The monoisotopic (exact) mass is 456 g/mol. The largest absolute Gasteiger partial charge is 0.336 e. The number of benzene rings is 2. The first-order valence-electron chi connectivity index (χ1n) is 10.4. The first kappa shape index (κ1) is 22.2. The molecule has 4 rings (SSSR count). The Morgan fingerprint density at radius 1 is 0.969 bits per heavy atom. The van der Waals surface area contributed by atoms with Crippen molar-refractivity contribution in [3.05, 3.63) is 82.9 Å². The van der Waals surface area contributed by atoms with Crippen LogP contribution in [0.5, 0.6) is 0 Å². The normalized spacial score (nSPS) is 15.2. The molecule has 7 nitrogen and oxygen atoms in total. The van der Waals surface area contributed by atoms with E-state index in [1.807, 2.05) is 30.3 Å². The molecule has 1 aliphatic rings. The first-order chi connectivity index (χ1) is 15.3. The molecule has 3 aromatic rings. The van der Waals surface area contributed by atoms with Crippen LogP contribution in [0.1, 0.15) is 27.3 Å². The Labute approximate surface area is 187 Å². The summed E-state index contributed by atoms with van der Waals surface area (Å²) in [7, 11) is -3.78. The van der Waals surface area contributed by atoms with Crippen LogP contribution in [0.15, 0.2) is 59.5 Å². The highest BCUT2D eigenvalue weighted by Gasteiger charge is 2.34. The van der Waals surface area contributed by atoms with Crippen molar-refractivity contribution < 1.29 is 17.6 Å². The van der Waals surface area contributed by atoms with E-state index in [9.17, 15) is 17.6 Å². The van der Waals surface area contributed by atoms with Crippen LogP contribution >= 0.6 is 0 Å². The number of hydrogen-bond acceptors (Lipinski definition) is 4. The van der Waals surface area contributed by atoms with Crippen molar-refractivity contribution in [3.8, 4) is 0 Å². The van der Waals surface area contributed by atoms with Gasteiger partial charge in [-0.25, -0.2) is 12.8 Å². The Morgan fingerprint density at radius 2 is 1.59 bits per heavy atom. The fourth-order valence-corrected chi connectivity index (χ4v) is 5.82. The highest BCUT2D eigenvalue weighted by Crippen LogP contribution is 2.25. The smallest absolute Gasteiger partial charge is 0.256 e. The van der Waals surface area contributed by atoms with Crippen LogP contribution in [0.25, 0.3) is 0 Å². The van der Waals surface area contributed by atoms with E-state index in [0.29, 0.717) is 17.9 Å². The zero-order valence-corrected chi connectivity index (χ0v) is 18.8. The molecule has 9 heteroatoms. The molecule has 1 amide bonds. The van der Waals surface area contributed by atoms with Gasteiger partial charge in [0.25, 0.3) is 5.91 Å². The van der Waals surface area contributed by atoms with Crippen LogP contribution in [0.2, 0.25) is 0 Å².